The van der Waals surface area contributed by atoms with Crippen molar-refractivity contribution >= 4 is 40.4 Å². The lowest BCUT2D eigenvalue weighted by atomic mass is 10.0. The van der Waals surface area contributed by atoms with Crippen molar-refractivity contribution in [3.63, 3.8) is 0 Å². The summed E-state index contributed by atoms with van der Waals surface area (Å²) in [6.07, 6.45) is 3.30. The fourth-order valence-corrected chi connectivity index (χ4v) is 3.95. The van der Waals surface area contributed by atoms with E-state index in [0.717, 1.165) is 28.4 Å². The van der Waals surface area contributed by atoms with Crippen LogP contribution < -0.4 is 4.90 Å². The van der Waals surface area contributed by atoms with Crippen molar-refractivity contribution in [1.29, 1.82) is 0 Å². The van der Waals surface area contributed by atoms with Crippen molar-refractivity contribution in [2.75, 3.05) is 17.2 Å². The first-order valence-electron chi connectivity index (χ1n) is 6.75. The van der Waals surface area contributed by atoms with Crippen molar-refractivity contribution in [3.8, 4) is 0 Å². The number of thiazole rings is 1. The van der Waals surface area contributed by atoms with Gasteiger partial charge in [-0.15, -0.1) is 11.3 Å². The second kappa shape index (κ2) is 6.45. The van der Waals surface area contributed by atoms with Gasteiger partial charge in [-0.1, -0.05) is 11.8 Å². The third-order valence-corrected chi connectivity index (χ3v) is 5.37. The lowest BCUT2D eigenvalue weighted by Gasteiger charge is -2.29. The van der Waals surface area contributed by atoms with Gasteiger partial charge in [-0.05, 0) is 24.5 Å². The summed E-state index contributed by atoms with van der Waals surface area (Å²) in [6, 6.07) is 4.71. The van der Waals surface area contributed by atoms with Gasteiger partial charge in [0.05, 0.1) is 10.7 Å². The Hall–Kier alpha value is -1.93. The van der Waals surface area contributed by atoms with Crippen LogP contribution in [0.15, 0.2) is 34.1 Å². The number of fused-ring (bicyclic) bond motifs is 1. The Morgan fingerprint density at radius 3 is 3.09 bits per heavy atom. The highest BCUT2D eigenvalue weighted by atomic mass is 32.2. The van der Waals surface area contributed by atoms with Crippen LogP contribution in [0.25, 0.3) is 0 Å². The molecule has 0 N–H and O–H groups in total. The lowest BCUT2D eigenvalue weighted by molar-refractivity contribution is -0.384. The van der Waals surface area contributed by atoms with E-state index < -0.39 is 4.92 Å². The Bertz CT molecular complexity index is 703. The van der Waals surface area contributed by atoms with Gasteiger partial charge in [0.1, 0.15) is 4.34 Å². The van der Waals surface area contributed by atoms with Gasteiger partial charge in [0.25, 0.3) is 5.69 Å². The number of nitrogens with zero attached hydrogens (tertiary/aromatic N) is 3. The third kappa shape index (κ3) is 3.12. The molecule has 0 radical (unpaired) electrons. The van der Waals surface area contributed by atoms with Gasteiger partial charge in [-0.2, -0.15) is 0 Å². The van der Waals surface area contributed by atoms with E-state index in [2.05, 4.69) is 4.98 Å². The predicted octanol–water partition coefficient (Wildman–Crippen LogP) is 3.12. The minimum absolute atomic E-state index is 0.00926. The summed E-state index contributed by atoms with van der Waals surface area (Å²) in [5.41, 5.74) is 1.74. The zero-order valence-electron chi connectivity index (χ0n) is 11.6. The molecule has 3 rings (SSSR count). The van der Waals surface area contributed by atoms with E-state index in [1.165, 1.54) is 29.2 Å². The molecule has 22 heavy (non-hydrogen) atoms. The minimum Gasteiger partial charge on any atom is -0.311 e. The van der Waals surface area contributed by atoms with E-state index in [4.69, 9.17) is 0 Å². The van der Waals surface area contributed by atoms with Crippen molar-refractivity contribution in [1.82, 2.24) is 4.98 Å². The molecule has 6 nitrogen and oxygen atoms in total. The molecule has 0 aliphatic carbocycles. The van der Waals surface area contributed by atoms with E-state index in [1.54, 1.807) is 23.2 Å². The van der Waals surface area contributed by atoms with Crippen LogP contribution in [0.1, 0.15) is 12.0 Å². The molecule has 1 aromatic heterocycles. The highest BCUT2D eigenvalue weighted by Crippen LogP contribution is 2.31. The summed E-state index contributed by atoms with van der Waals surface area (Å²) in [6.45, 7) is 0.655. The van der Waals surface area contributed by atoms with Crippen LogP contribution in [0.5, 0.6) is 0 Å². The highest BCUT2D eigenvalue weighted by Gasteiger charge is 2.24. The Kier molecular flexibility index (Phi) is 4.39. The summed E-state index contributed by atoms with van der Waals surface area (Å²) < 4.78 is 0.870. The molecule has 0 bridgehead atoms. The molecule has 1 aromatic carbocycles. The molecule has 114 valence electrons. The number of carbonyl (C=O) groups excluding carboxylic acids is 1. The molecule has 8 heteroatoms. The van der Waals surface area contributed by atoms with Crippen molar-refractivity contribution in [3.05, 3.63) is 45.5 Å². The zero-order chi connectivity index (χ0) is 15.5. The molecule has 0 fully saturated rings. The number of thioether (sulfide) groups is 1. The van der Waals surface area contributed by atoms with Gasteiger partial charge >= 0.3 is 0 Å². The SMILES string of the molecule is O=C(CSc1nccs1)N1CCCc2cc([N+](=O)[O-])ccc21. The second-order valence-electron chi connectivity index (χ2n) is 4.81. The van der Waals surface area contributed by atoms with Crippen LogP contribution >= 0.6 is 23.1 Å². The van der Waals surface area contributed by atoms with Gasteiger partial charge in [-0.25, -0.2) is 4.98 Å². The number of hydrogen-bond acceptors (Lipinski definition) is 6. The average molecular weight is 335 g/mol. The van der Waals surface area contributed by atoms with Gasteiger partial charge in [0, 0.05) is 35.9 Å². The number of benzene rings is 1. The Balaban J connectivity index is 1.76. The summed E-state index contributed by atoms with van der Waals surface area (Å²) in [7, 11) is 0. The number of carbonyl (C=O) groups is 1. The maximum absolute atomic E-state index is 12.4. The van der Waals surface area contributed by atoms with Crippen LogP contribution in [0.4, 0.5) is 11.4 Å². The maximum atomic E-state index is 12.4. The quantitative estimate of drug-likeness (QED) is 0.487. The average Bonchev–Trinajstić information content (AvgIpc) is 3.04. The number of amides is 1. The van der Waals surface area contributed by atoms with E-state index in [-0.39, 0.29) is 11.6 Å². The Morgan fingerprint density at radius 1 is 1.50 bits per heavy atom. The van der Waals surface area contributed by atoms with E-state index in [9.17, 15) is 14.9 Å². The largest absolute Gasteiger partial charge is 0.311 e. The number of aryl methyl sites for hydroxylation is 1. The van der Waals surface area contributed by atoms with Gasteiger partial charge in [0.15, 0.2) is 0 Å². The zero-order valence-corrected chi connectivity index (χ0v) is 13.2. The van der Waals surface area contributed by atoms with Gasteiger partial charge < -0.3 is 4.90 Å². The number of nitro benzene ring substituents is 1. The van der Waals surface area contributed by atoms with E-state index in [0.29, 0.717) is 12.3 Å². The van der Waals surface area contributed by atoms with E-state index >= 15 is 0 Å². The van der Waals surface area contributed by atoms with Gasteiger partial charge in [-0.3, -0.25) is 14.9 Å². The second-order valence-corrected chi connectivity index (χ2v) is 6.92. The number of rotatable bonds is 4. The Morgan fingerprint density at radius 2 is 2.36 bits per heavy atom. The molecule has 0 atom stereocenters. The molecule has 1 aliphatic rings. The van der Waals surface area contributed by atoms with Gasteiger partial charge in [0.2, 0.25) is 5.91 Å². The molecule has 2 heterocycles. The van der Waals surface area contributed by atoms with Crippen LogP contribution in [0.3, 0.4) is 0 Å². The monoisotopic (exact) mass is 335 g/mol. The molecule has 1 aliphatic heterocycles. The van der Waals surface area contributed by atoms with Crippen LogP contribution in [-0.2, 0) is 11.2 Å². The summed E-state index contributed by atoms with van der Waals surface area (Å²) in [5.74, 6) is 0.333. The first-order valence-corrected chi connectivity index (χ1v) is 8.61. The molecule has 0 saturated heterocycles. The van der Waals surface area contributed by atoms with Crippen molar-refractivity contribution in [2.24, 2.45) is 0 Å². The minimum atomic E-state index is -0.403. The topological polar surface area (TPSA) is 76.3 Å². The van der Waals surface area contributed by atoms with Crippen LogP contribution in [0, 0.1) is 10.1 Å². The lowest BCUT2D eigenvalue weighted by Crippen LogP contribution is -2.36. The molecule has 0 saturated carbocycles. The smallest absolute Gasteiger partial charge is 0.269 e. The van der Waals surface area contributed by atoms with Crippen molar-refractivity contribution < 1.29 is 9.72 Å². The van der Waals surface area contributed by atoms with E-state index in [1.807, 2.05) is 5.38 Å². The molecular formula is C14H13N3O3S2. The van der Waals surface area contributed by atoms with Crippen LogP contribution in [0.2, 0.25) is 0 Å². The number of aromatic nitrogens is 1. The molecule has 0 unspecified atom stereocenters. The number of anilines is 1. The molecular weight excluding hydrogens is 322 g/mol. The Labute approximate surface area is 135 Å². The molecule has 0 spiro atoms. The summed E-state index contributed by atoms with van der Waals surface area (Å²) in [5, 5.41) is 12.7. The first-order chi connectivity index (χ1) is 10.6. The number of hydrogen-bond donors (Lipinski definition) is 0. The third-order valence-electron chi connectivity index (χ3n) is 3.42. The summed E-state index contributed by atoms with van der Waals surface area (Å²) >= 11 is 2.93. The first kappa shape index (κ1) is 15.0. The predicted molar refractivity (Wildman–Crippen MR) is 86.6 cm³/mol. The summed E-state index contributed by atoms with van der Waals surface area (Å²) in [4.78, 5) is 28.7. The normalized spacial score (nSPS) is 13.7. The van der Waals surface area contributed by atoms with Crippen LogP contribution in [-0.4, -0.2) is 28.1 Å². The number of non-ortho nitro benzene ring substituents is 1. The fourth-order valence-electron chi connectivity index (χ4n) is 2.44. The van der Waals surface area contributed by atoms with Crippen molar-refractivity contribution in [2.45, 2.75) is 17.2 Å². The fraction of sp³-hybridized carbons (Fsp3) is 0.286. The standard InChI is InChI=1S/C14H13N3O3S2/c18-13(9-22-14-15-5-7-21-14)16-6-1-2-10-8-11(17(19)20)3-4-12(10)16/h3-5,7-8H,1-2,6,9H2. The number of nitro groups is 1. The molecule has 2 aromatic rings. The highest BCUT2D eigenvalue weighted by molar-refractivity contribution is 8.01. The molecule has 1 amide bonds. The maximum Gasteiger partial charge on any atom is 0.269 e.